The van der Waals surface area contributed by atoms with Crippen molar-refractivity contribution in [2.24, 2.45) is 56.0 Å². The lowest BCUT2D eigenvalue weighted by molar-refractivity contribution is -0.202. The van der Waals surface area contributed by atoms with Crippen LogP contribution in [0.25, 0.3) is 0 Å². The van der Waals surface area contributed by atoms with Crippen LogP contribution in [0.2, 0.25) is 0 Å². The predicted octanol–water partition coefficient (Wildman–Crippen LogP) is 7.09. The average molecular weight is 541 g/mol. The van der Waals surface area contributed by atoms with Crippen molar-refractivity contribution in [3.8, 4) is 0 Å². The van der Waals surface area contributed by atoms with Crippen molar-refractivity contribution in [3.63, 3.8) is 0 Å². The van der Waals surface area contributed by atoms with Gasteiger partial charge in [0, 0.05) is 17.4 Å². The van der Waals surface area contributed by atoms with E-state index in [9.17, 15) is 9.59 Å². The lowest BCUT2D eigenvalue weighted by Crippen LogP contribution is -2.67. The summed E-state index contributed by atoms with van der Waals surface area (Å²) in [5.74, 6) is 1.19. The van der Waals surface area contributed by atoms with E-state index in [1.165, 1.54) is 12.0 Å². The van der Waals surface area contributed by atoms with Crippen molar-refractivity contribution >= 4 is 11.7 Å². The molecule has 4 saturated carbocycles. The average Bonchev–Trinajstić information content (AvgIpc) is 2.84. The molecule has 5 heteroatoms. The normalized spacial score (nSPS) is 48.8. The largest absolute Gasteiger partial charge is 0.327 e. The van der Waals surface area contributed by atoms with Crippen LogP contribution in [0.15, 0.2) is 11.6 Å². The van der Waals surface area contributed by atoms with Crippen LogP contribution in [0.3, 0.4) is 0 Å². The quantitative estimate of drug-likeness (QED) is 0.388. The molecule has 5 aliphatic rings. The summed E-state index contributed by atoms with van der Waals surface area (Å²) in [4.78, 5) is 33.9. The third-order valence-corrected chi connectivity index (χ3v) is 14.1. The number of hydroxylamine groups is 2. The Morgan fingerprint density at radius 1 is 0.974 bits per heavy atom. The molecule has 0 aliphatic heterocycles. The van der Waals surface area contributed by atoms with E-state index >= 15 is 0 Å². The third-order valence-electron chi connectivity index (χ3n) is 14.1. The number of nitrogens with zero attached hydrogens (tertiary/aromatic N) is 1. The highest BCUT2D eigenvalue weighted by Crippen LogP contribution is 2.75. The summed E-state index contributed by atoms with van der Waals surface area (Å²) < 4.78 is 0. The fourth-order valence-corrected chi connectivity index (χ4v) is 11.2. The second-order valence-electron chi connectivity index (χ2n) is 16.6. The highest BCUT2D eigenvalue weighted by molar-refractivity contribution is 5.95. The van der Waals surface area contributed by atoms with Gasteiger partial charge in [-0.05, 0) is 117 Å². The zero-order valence-corrected chi connectivity index (χ0v) is 26.6. The molecule has 4 fully saturated rings. The van der Waals surface area contributed by atoms with E-state index in [4.69, 9.17) is 10.6 Å². The van der Waals surface area contributed by atoms with Gasteiger partial charge in [-0.1, -0.05) is 54.0 Å². The molecule has 39 heavy (non-hydrogen) atoms. The van der Waals surface area contributed by atoms with Crippen LogP contribution in [0.5, 0.6) is 0 Å². The van der Waals surface area contributed by atoms with E-state index in [1.807, 2.05) is 13.8 Å². The van der Waals surface area contributed by atoms with Crippen LogP contribution in [0.1, 0.15) is 120 Å². The van der Waals surface area contributed by atoms with Crippen molar-refractivity contribution < 1.29 is 14.4 Å². The molecule has 2 N–H and O–H groups in total. The molecule has 0 spiro atoms. The lowest BCUT2D eigenvalue weighted by Gasteiger charge is -2.70. The van der Waals surface area contributed by atoms with E-state index in [1.54, 1.807) is 12.2 Å². The maximum atomic E-state index is 14.5. The summed E-state index contributed by atoms with van der Waals surface area (Å²) >= 11 is 0. The Bertz CT molecular complexity index is 1080. The summed E-state index contributed by atoms with van der Waals surface area (Å²) in [5, 5.41) is 1.57. The van der Waals surface area contributed by atoms with E-state index in [0.29, 0.717) is 11.7 Å². The maximum absolute atomic E-state index is 14.5. The number of ketones is 1. The summed E-state index contributed by atoms with van der Waals surface area (Å²) in [6.07, 6.45) is 11.4. The summed E-state index contributed by atoms with van der Waals surface area (Å²) in [7, 11) is 1.60. The Kier molecular flexibility index (Phi) is 6.69. The Labute approximate surface area is 238 Å². The summed E-state index contributed by atoms with van der Waals surface area (Å²) in [6, 6.07) is 0.189. The number of allylic oxidation sites excluding steroid dienone is 2. The first-order valence-corrected chi connectivity index (χ1v) is 15.8. The Balaban J connectivity index is 1.57. The summed E-state index contributed by atoms with van der Waals surface area (Å²) in [6.45, 7) is 20.7. The van der Waals surface area contributed by atoms with Gasteiger partial charge in [-0.15, -0.1) is 0 Å². The van der Waals surface area contributed by atoms with Crippen LogP contribution in [-0.4, -0.2) is 35.9 Å². The van der Waals surface area contributed by atoms with Gasteiger partial charge in [0.2, 0.25) is 0 Å². The van der Waals surface area contributed by atoms with Crippen molar-refractivity contribution in [1.82, 2.24) is 5.06 Å². The molecular formula is C34H56N2O3. The second kappa shape index (κ2) is 8.90. The molecule has 9 atom stereocenters. The van der Waals surface area contributed by atoms with Crippen molar-refractivity contribution in [1.29, 1.82) is 0 Å². The SMILES string of the molecule is CON(C(=O)[C@@]1(C)CC[C@]2(C)CC[C@]3(C)C(=CC(=O)[C@@H]4[C@@]5(C)CC[C@H](N)C(C)(C)C5CC[C@]43C)[C@@H]2C1)C(C)C. The number of fused-ring (bicyclic) bond motifs is 7. The predicted molar refractivity (Wildman–Crippen MR) is 156 cm³/mol. The van der Waals surface area contributed by atoms with Gasteiger partial charge in [-0.25, -0.2) is 5.06 Å². The van der Waals surface area contributed by atoms with Crippen molar-refractivity contribution in [2.75, 3.05) is 7.11 Å². The molecule has 5 aliphatic carbocycles. The molecular weight excluding hydrogens is 484 g/mol. The van der Waals surface area contributed by atoms with Gasteiger partial charge in [-0.2, -0.15) is 0 Å². The molecule has 1 unspecified atom stereocenters. The first kappa shape index (κ1) is 29.3. The number of nitrogens with two attached hydrogens (primary N) is 1. The molecule has 1 amide bonds. The zero-order chi connectivity index (χ0) is 29.0. The van der Waals surface area contributed by atoms with Gasteiger partial charge < -0.3 is 5.73 Å². The minimum atomic E-state index is -0.489. The number of hydrogen-bond donors (Lipinski definition) is 1. The van der Waals surface area contributed by atoms with Gasteiger partial charge >= 0.3 is 0 Å². The highest BCUT2D eigenvalue weighted by atomic mass is 16.7. The first-order chi connectivity index (χ1) is 17.9. The molecule has 0 aromatic carbocycles. The number of carbonyl (C=O) groups excluding carboxylic acids is 2. The van der Waals surface area contributed by atoms with Crippen LogP contribution in [-0.2, 0) is 14.4 Å². The third kappa shape index (κ3) is 3.76. The molecule has 0 aromatic rings. The van der Waals surface area contributed by atoms with Gasteiger partial charge in [0.25, 0.3) is 5.91 Å². The monoisotopic (exact) mass is 540 g/mol. The molecule has 5 nitrogen and oxygen atoms in total. The topological polar surface area (TPSA) is 72.6 Å². The van der Waals surface area contributed by atoms with Gasteiger partial charge in [0.05, 0.1) is 13.2 Å². The van der Waals surface area contributed by atoms with Crippen LogP contribution < -0.4 is 5.73 Å². The molecule has 0 saturated heterocycles. The maximum Gasteiger partial charge on any atom is 0.252 e. The number of amides is 1. The lowest BCUT2D eigenvalue weighted by atomic mass is 9.33. The smallest absolute Gasteiger partial charge is 0.252 e. The van der Waals surface area contributed by atoms with Crippen molar-refractivity contribution in [3.05, 3.63) is 11.6 Å². The first-order valence-electron chi connectivity index (χ1n) is 15.8. The minimum Gasteiger partial charge on any atom is -0.327 e. The van der Waals surface area contributed by atoms with Gasteiger partial charge in [0.15, 0.2) is 5.78 Å². The number of rotatable bonds is 3. The zero-order valence-electron chi connectivity index (χ0n) is 26.6. The minimum absolute atomic E-state index is 0.0109. The molecule has 5 rings (SSSR count). The van der Waals surface area contributed by atoms with E-state index in [2.05, 4.69) is 54.5 Å². The second-order valence-corrected chi connectivity index (χ2v) is 16.6. The van der Waals surface area contributed by atoms with Gasteiger partial charge in [-0.3, -0.25) is 14.4 Å². The highest BCUT2D eigenvalue weighted by Gasteiger charge is 2.70. The Morgan fingerprint density at radius 2 is 1.62 bits per heavy atom. The molecule has 0 radical (unpaired) electrons. The number of carbonyl (C=O) groups is 2. The molecule has 0 bridgehead atoms. The van der Waals surface area contributed by atoms with Gasteiger partial charge in [0.1, 0.15) is 0 Å². The van der Waals surface area contributed by atoms with Crippen LogP contribution in [0.4, 0.5) is 0 Å². The van der Waals surface area contributed by atoms with Crippen LogP contribution >= 0.6 is 0 Å². The molecule has 0 heterocycles. The fourth-order valence-electron chi connectivity index (χ4n) is 11.2. The standard InChI is InChI=1S/C34H56N2O3/c1-21(2)36(39-10)28(38)31(6)16-15-30(5)17-18-33(8)22(23(30)20-31)19-24(37)27-32(7)13-12-26(35)29(3,4)25(32)11-14-34(27,33)9/h19,21,23,25-27H,11-18,20,35H2,1-10H3/t23-,25?,26-,27+,30+,31-,32-,33+,34+/m0/s1. The molecule has 0 aromatic heterocycles. The molecule has 220 valence electrons. The van der Waals surface area contributed by atoms with E-state index in [-0.39, 0.29) is 56.9 Å². The Morgan fingerprint density at radius 3 is 2.23 bits per heavy atom. The Hall–Kier alpha value is -1.20. The summed E-state index contributed by atoms with van der Waals surface area (Å²) in [5.41, 5.74) is 7.61. The fraction of sp³-hybridized carbons (Fsp3) is 0.882. The van der Waals surface area contributed by atoms with Crippen molar-refractivity contribution in [2.45, 2.75) is 132 Å². The van der Waals surface area contributed by atoms with E-state index in [0.717, 1.165) is 51.4 Å². The van der Waals surface area contributed by atoms with E-state index < -0.39 is 5.41 Å². The number of hydrogen-bond acceptors (Lipinski definition) is 4. The van der Waals surface area contributed by atoms with Crippen LogP contribution in [0, 0.1) is 50.2 Å².